The molecule has 0 atom stereocenters. The first-order chi connectivity index (χ1) is 16.6. The first-order valence-corrected chi connectivity index (χ1v) is 10.6. The van der Waals surface area contributed by atoms with Crippen molar-refractivity contribution in [1.29, 1.82) is 0 Å². The van der Waals surface area contributed by atoms with Crippen LogP contribution >= 0.6 is 11.6 Å². The average Bonchev–Trinajstić information content (AvgIpc) is 3.60. The zero-order chi connectivity index (χ0) is 25.2. The number of aromatic nitrogens is 3. The van der Waals surface area contributed by atoms with Crippen LogP contribution in [0.2, 0.25) is 5.02 Å². The van der Waals surface area contributed by atoms with Crippen molar-refractivity contribution in [2.45, 2.75) is 31.1 Å². The predicted molar refractivity (Wildman–Crippen MR) is 119 cm³/mol. The minimum Gasteiger partial charge on any atom is -0.479 e. The molecule has 1 aromatic carbocycles. The van der Waals surface area contributed by atoms with E-state index >= 15 is 0 Å². The van der Waals surface area contributed by atoms with E-state index in [0.29, 0.717) is 24.2 Å². The molecule has 2 amide bonds. The lowest BCUT2D eigenvalue weighted by atomic mass is 10.1. The highest BCUT2D eigenvalue weighted by Gasteiger charge is 2.51. The highest BCUT2D eigenvalue weighted by Crippen LogP contribution is 2.38. The topological polar surface area (TPSA) is 129 Å². The Kier molecular flexibility index (Phi) is 6.48. The van der Waals surface area contributed by atoms with E-state index in [1.54, 1.807) is 6.07 Å². The predicted octanol–water partition coefficient (Wildman–Crippen LogP) is 3.57. The summed E-state index contributed by atoms with van der Waals surface area (Å²) in [4.78, 5) is 36.2. The second kappa shape index (κ2) is 9.37. The number of pyridine rings is 1. The molecule has 13 heteroatoms. The van der Waals surface area contributed by atoms with Gasteiger partial charge in [-0.25, -0.2) is 9.97 Å². The number of amides is 2. The van der Waals surface area contributed by atoms with E-state index in [0.717, 1.165) is 18.5 Å². The maximum absolute atomic E-state index is 13.3. The molecule has 1 aliphatic carbocycles. The monoisotopic (exact) mass is 506 g/mol. The van der Waals surface area contributed by atoms with Gasteiger partial charge in [0.25, 0.3) is 5.91 Å². The molecule has 0 radical (unpaired) electrons. The van der Waals surface area contributed by atoms with E-state index in [4.69, 9.17) is 16.7 Å². The van der Waals surface area contributed by atoms with Crippen LogP contribution in [0.15, 0.2) is 48.9 Å². The zero-order valence-electron chi connectivity index (χ0n) is 17.9. The molecule has 182 valence electrons. The van der Waals surface area contributed by atoms with E-state index in [9.17, 15) is 22.8 Å². The molecule has 9 nitrogen and oxygen atoms in total. The molecule has 3 aromatic rings. The van der Waals surface area contributed by atoms with E-state index in [2.05, 4.69) is 30.9 Å². The summed E-state index contributed by atoms with van der Waals surface area (Å²) in [6.45, 7) is 0.0494. The van der Waals surface area contributed by atoms with Gasteiger partial charge in [0.15, 0.2) is 0 Å². The van der Waals surface area contributed by atoms with Crippen LogP contribution in [0.4, 0.5) is 24.5 Å². The first-order valence-electron chi connectivity index (χ1n) is 10.3. The summed E-state index contributed by atoms with van der Waals surface area (Å²) in [5.41, 5.74) is -1.26. The molecular weight excluding hydrogens is 489 g/mol. The summed E-state index contributed by atoms with van der Waals surface area (Å²) in [7, 11) is 0. The summed E-state index contributed by atoms with van der Waals surface area (Å²) in [6.07, 6.45) is -0.0608. The Bertz CT molecular complexity index is 1250. The van der Waals surface area contributed by atoms with Gasteiger partial charge < -0.3 is 21.1 Å². The van der Waals surface area contributed by atoms with Gasteiger partial charge in [0.1, 0.15) is 5.54 Å². The summed E-state index contributed by atoms with van der Waals surface area (Å²) in [5.74, 6) is -0.947. The number of alkyl halides is 3. The van der Waals surface area contributed by atoms with Gasteiger partial charge in [0.2, 0.25) is 5.91 Å². The van der Waals surface area contributed by atoms with Gasteiger partial charge >= 0.3 is 12.2 Å². The number of aromatic hydroxyl groups is 1. The number of carbonyl (C=O) groups excluding carboxylic acids is 2. The molecule has 4 N–H and O–H groups in total. The zero-order valence-corrected chi connectivity index (χ0v) is 18.6. The second-order valence-corrected chi connectivity index (χ2v) is 8.28. The van der Waals surface area contributed by atoms with Gasteiger partial charge in [0.05, 0.1) is 40.9 Å². The number of anilines is 2. The fourth-order valence-corrected chi connectivity index (χ4v) is 3.39. The van der Waals surface area contributed by atoms with Crippen molar-refractivity contribution in [3.63, 3.8) is 0 Å². The lowest BCUT2D eigenvalue weighted by Gasteiger charge is -2.17. The molecule has 0 saturated heterocycles. The summed E-state index contributed by atoms with van der Waals surface area (Å²) in [6, 6.07) is 6.02. The van der Waals surface area contributed by atoms with Crippen LogP contribution in [0.5, 0.6) is 6.01 Å². The van der Waals surface area contributed by atoms with E-state index in [-0.39, 0.29) is 22.8 Å². The number of halogens is 4. The standard InChI is InChI=1S/C22H18ClF3N6O3/c23-13-1-4-17(16(7-13)22(24,25)26)31-15-3-2-14(27-11-15)10-28-19(34)21(5-6-21)32-18(33)12-8-29-20(35)30-9-12/h1-4,7-9,11,31H,5-6,10H2,(H,28,34)(H,32,33)(H,29,30,35). The van der Waals surface area contributed by atoms with Crippen LogP contribution in [-0.4, -0.2) is 37.4 Å². The van der Waals surface area contributed by atoms with Crippen LogP contribution in [0, 0.1) is 0 Å². The van der Waals surface area contributed by atoms with Crippen molar-refractivity contribution >= 4 is 34.8 Å². The molecule has 2 heterocycles. The number of nitrogens with one attached hydrogen (secondary N) is 3. The minimum atomic E-state index is -4.59. The number of hydrogen-bond acceptors (Lipinski definition) is 7. The number of nitrogens with zero attached hydrogens (tertiary/aromatic N) is 3. The Hall–Kier alpha value is -3.93. The van der Waals surface area contributed by atoms with Gasteiger partial charge in [0, 0.05) is 17.4 Å². The average molecular weight is 507 g/mol. The van der Waals surface area contributed by atoms with Crippen LogP contribution in [0.1, 0.15) is 34.5 Å². The third kappa shape index (κ3) is 5.77. The molecule has 1 aliphatic rings. The Morgan fingerprint density at radius 2 is 1.77 bits per heavy atom. The molecule has 35 heavy (non-hydrogen) atoms. The maximum Gasteiger partial charge on any atom is 0.418 e. The van der Waals surface area contributed by atoms with Crippen molar-refractivity contribution in [3.8, 4) is 6.01 Å². The van der Waals surface area contributed by atoms with Crippen LogP contribution in [0.25, 0.3) is 0 Å². The molecule has 0 unspecified atom stereocenters. The lowest BCUT2D eigenvalue weighted by molar-refractivity contribution is -0.137. The van der Waals surface area contributed by atoms with Crippen LogP contribution in [-0.2, 0) is 17.5 Å². The normalized spacial score (nSPS) is 14.2. The van der Waals surface area contributed by atoms with Gasteiger partial charge in [-0.3, -0.25) is 14.6 Å². The highest BCUT2D eigenvalue weighted by atomic mass is 35.5. The van der Waals surface area contributed by atoms with Crippen LogP contribution in [0.3, 0.4) is 0 Å². The summed E-state index contributed by atoms with van der Waals surface area (Å²) in [5, 5.41) is 17.1. The summed E-state index contributed by atoms with van der Waals surface area (Å²) >= 11 is 5.70. The molecule has 0 aliphatic heterocycles. The third-order valence-electron chi connectivity index (χ3n) is 5.26. The minimum absolute atomic E-state index is 0.0342. The lowest BCUT2D eigenvalue weighted by Crippen LogP contribution is -2.48. The maximum atomic E-state index is 13.3. The fraction of sp³-hybridized carbons (Fsp3) is 0.227. The Labute approximate surface area is 201 Å². The Morgan fingerprint density at radius 3 is 2.37 bits per heavy atom. The van der Waals surface area contributed by atoms with Crippen molar-refractivity contribution in [1.82, 2.24) is 25.6 Å². The van der Waals surface area contributed by atoms with Crippen molar-refractivity contribution < 1.29 is 27.9 Å². The molecule has 1 saturated carbocycles. The molecular formula is C22H18ClF3N6O3. The number of benzene rings is 1. The van der Waals surface area contributed by atoms with E-state index < -0.39 is 35.1 Å². The quantitative estimate of drug-likeness (QED) is 0.385. The smallest absolute Gasteiger partial charge is 0.418 e. The molecule has 1 fully saturated rings. The van der Waals surface area contributed by atoms with Crippen LogP contribution < -0.4 is 16.0 Å². The van der Waals surface area contributed by atoms with Crippen molar-refractivity contribution in [2.75, 3.05) is 5.32 Å². The molecule has 2 aromatic heterocycles. The van der Waals surface area contributed by atoms with Gasteiger partial charge in [-0.05, 0) is 43.2 Å². The fourth-order valence-electron chi connectivity index (χ4n) is 3.22. The number of hydrogen-bond donors (Lipinski definition) is 4. The molecule has 0 spiro atoms. The Balaban J connectivity index is 1.34. The molecule has 0 bridgehead atoms. The third-order valence-corrected chi connectivity index (χ3v) is 5.49. The van der Waals surface area contributed by atoms with Crippen molar-refractivity contribution in [3.05, 3.63) is 70.8 Å². The van der Waals surface area contributed by atoms with Gasteiger partial charge in [-0.2, -0.15) is 13.2 Å². The molecule has 4 rings (SSSR count). The second-order valence-electron chi connectivity index (χ2n) is 7.84. The number of rotatable bonds is 7. The van der Waals surface area contributed by atoms with Gasteiger partial charge in [-0.1, -0.05) is 11.6 Å². The van der Waals surface area contributed by atoms with Gasteiger partial charge in [-0.15, -0.1) is 0 Å². The first kappa shape index (κ1) is 24.2. The number of carbonyl (C=O) groups is 2. The van der Waals surface area contributed by atoms with E-state index in [1.165, 1.54) is 24.4 Å². The SMILES string of the molecule is O=C(NC1(C(=O)NCc2ccc(Nc3ccc(Cl)cc3C(F)(F)F)cn2)CC1)c1cnc(O)nc1. The van der Waals surface area contributed by atoms with Crippen molar-refractivity contribution in [2.24, 2.45) is 0 Å². The highest BCUT2D eigenvalue weighted by molar-refractivity contribution is 6.30. The largest absolute Gasteiger partial charge is 0.479 e. The summed E-state index contributed by atoms with van der Waals surface area (Å²) < 4.78 is 39.8. The van der Waals surface area contributed by atoms with E-state index in [1.807, 2.05) is 0 Å². The Morgan fingerprint density at radius 1 is 1.06 bits per heavy atom.